The van der Waals surface area contributed by atoms with E-state index in [1.807, 2.05) is 6.92 Å². The molecule has 2 saturated carbocycles. The lowest BCUT2D eigenvalue weighted by atomic mass is 9.44. The molecule has 0 unspecified atom stereocenters. The maximum Gasteiger partial charge on any atom is 0.184 e. The summed E-state index contributed by atoms with van der Waals surface area (Å²) in [5, 5.41) is 4.87. The number of rotatable bonds is 6. The minimum Gasteiger partial charge on any atom is -0.375 e. The second-order valence-electron chi connectivity index (χ2n) is 13.6. The van der Waals surface area contributed by atoms with Crippen molar-refractivity contribution < 1.29 is 9.59 Å². The Labute approximate surface area is 223 Å². The van der Waals surface area contributed by atoms with Crippen molar-refractivity contribution in [2.24, 2.45) is 56.7 Å². The van der Waals surface area contributed by atoms with Crippen LogP contribution in [0.1, 0.15) is 106 Å². The van der Waals surface area contributed by atoms with Gasteiger partial charge in [-0.3, -0.25) is 15.0 Å². The topological polar surface area (TPSA) is 84.5 Å². The molecule has 200 valence electrons. The van der Waals surface area contributed by atoms with Crippen LogP contribution in [0.15, 0.2) is 16.2 Å². The molecule has 2 fully saturated rings. The first-order valence-corrected chi connectivity index (χ1v) is 14.6. The van der Waals surface area contributed by atoms with Crippen molar-refractivity contribution in [2.45, 2.75) is 106 Å². The van der Waals surface area contributed by atoms with E-state index in [2.05, 4.69) is 47.0 Å². The minimum atomic E-state index is -0.284. The van der Waals surface area contributed by atoms with Gasteiger partial charge in [0, 0.05) is 35.2 Å². The van der Waals surface area contributed by atoms with Crippen molar-refractivity contribution in [3.05, 3.63) is 11.1 Å². The number of nitrogens with zero attached hydrogens (tertiary/aromatic N) is 1. The Balaban J connectivity index is 1.81. The molecule has 4 rings (SSSR count). The molecule has 4 aliphatic rings. The van der Waals surface area contributed by atoms with Gasteiger partial charge in [0.15, 0.2) is 10.9 Å². The zero-order valence-corrected chi connectivity index (χ0v) is 24.3. The number of fused-ring (bicyclic) bond motifs is 4. The molecule has 6 heteroatoms. The lowest BCUT2D eigenvalue weighted by Crippen LogP contribution is -2.56. The van der Waals surface area contributed by atoms with Gasteiger partial charge in [0.1, 0.15) is 5.78 Å². The van der Waals surface area contributed by atoms with E-state index in [1.54, 1.807) is 0 Å². The van der Waals surface area contributed by atoms with Gasteiger partial charge in [-0.2, -0.15) is 5.10 Å². The lowest BCUT2D eigenvalue weighted by molar-refractivity contribution is -0.133. The van der Waals surface area contributed by atoms with Crippen molar-refractivity contribution in [1.29, 1.82) is 0 Å². The molecule has 0 aromatic heterocycles. The fourth-order valence-corrected chi connectivity index (χ4v) is 8.92. The van der Waals surface area contributed by atoms with Crippen molar-refractivity contribution in [2.75, 3.05) is 0 Å². The number of hydrogen-bond donors (Lipinski definition) is 2. The van der Waals surface area contributed by atoms with Crippen LogP contribution in [0.3, 0.4) is 0 Å². The van der Waals surface area contributed by atoms with E-state index < -0.39 is 0 Å². The molecule has 0 bridgehead atoms. The smallest absolute Gasteiger partial charge is 0.184 e. The first-order chi connectivity index (χ1) is 16.8. The van der Waals surface area contributed by atoms with Crippen molar-refractivity contribution in [3.8, 4) is 0 Å². The Bertz CT molecular complexity index is 1020. The van der Waals surface area contributed by atoms with Gasteiger partial charge < -0.3 is 5.73 Å². The zero-order chi connectivity index (χ0) is 26.6. The van der Waals surface area contributed by atoms with E-state index in [1.165, 1.54) is 19.3 Å². The van der Waals surface area contributed by atoms with Gasteiger partial charge in [0.2, 0.25) is 0 Å². The molecular formula is C30H47N3O2S. The van der Waals surface area contributed by atoms with E-state index >= 15 is 0 Å². The van der Waals surface area contributed by atoms with Gasteiger partial charge >= 0.3 is 0 Å². The molecule has 0 radical (unpaired) electrons. The van der Waals surface area contributed by atoms with E-state index in [-0.39, 0.29) is 39.0 Å². The number of carbonyl (C=O) groups excluding carboxylic acids is 2. The van der Waals surface area contributed by atoms with E-state index in [9.17, 15) is 9.59 Å². The highest BCUT2D eigenvalue weighted by molar-refractivity contribution is 7.80. The number of ketones is 2. The molecule has 0 aromatic carbocycles. The summed E-state index contributed by atoms with van der Waals surface area (Å²) in [4.78, 5) is 27.0. The molecule has 7 atom stereocenters. The monoisotopic (exact) mass is 513 g/mol. The molecule has 4 aliphatic carbocycles. The summed E-state index contributed by atoms with van der Waals surface area (Å²) in [7, 11) is 0. The van der Waals surface area contributed by atoms with Crippen LogP contribution in [-0.2, 0) is 9.59 Å². The van der Waals surface area contributed by atoms with Gasteiger partial charge in [-0.1, -0.05) is 67.7 Å². The SMILES string of the molecule is CC(C)CCC[C@@H](C)[C@H]1CC[C@@]2(C)C3=C(C(=O)C[C@]12C)[C@@]1(C)CCC(=O)[C@@H](C)[C@@H]1C/C3=N/NC(N)=S. The number of nitrogens with two attached hydrogens (primary N) is 1. The van der Waals surface area contributed by atoms with E-state index in [0.29, 0.717) is 36.9 Å². The predicted molar refractivity (Wildman–Crippen MR) is 150 cm³/mol. The second-order valence-corrected chi connectivity index (χ2v) is 14.0. The van der Waals surface area contributed by atoms with Crippen LogP contribution in [0, 0.1) is 45.8 Å². The number of carbonyl (C=O) groups is 2. The summed E-state index contributed by atoms with van der Waals surface area (Å²) in [5.74, 6) is 2.40. The number of hydrogen-bond acceptors (Lipinski definition) is 4. The highest BCUT2D eigenvalue weighted by atomic mass is 32.1. The van der Waals surface area contributed by atoms with Crippen LogP contribution in [-0.4, -0.2) is 22.4 Å². The molecule has 0 aliphatic heterocycles. The van der Waals surface area contributed by atoms with Crippen LogP contribution >= 0.6 is 12.2 Å². The zero-order valence-electron chi connectivity index (χ0n) is 23.5. The van der Waals surface area contributed by atoms with E-state index in [4.69, 9.17) is 23.1 Å². The summed E-state index contributed by atoms with van der Waals surface area (Å²) < 4.78 is 0. The third kappa shape index (κ3) is 4.19. The first-order valence-electron chi connectivity index (χ1n) is 14.2. The standard InChI is InChI=1S/C30H47N3O2S/c1-17(2)9-8-10-18(3)20-11-14-29(6)25-22(32-33-27(31)36)15-21-19(4)23(34)12-13-28(21,5)26(25)24(35)16-30(20,29)7/h17-21H,8-16H2,1-7H3,(H3,31,33,36)/b32-22-/t18-,19+,20-,21+,28+,29+,30-/m1/s1. The van der Waals surface area contributed by atoms with Crippen molar-refractivity contribution in [1.82, 2.24) is 5.43 Å². The average Bonchev–Trinajstić information content (AvgIpc) is 3.06. The maximum atomic E-state index is 14.3. The van der Waals surface area contributed by atoms with Gasteiger partial charge in [0.05, 0.1) is 5.71 Å². The Morgan fingerprint density at radius 1 is 1.14 bits per heavy atom. The largest absolute Gasteiger partial charge is 0.375 e. The summed E-state index contributed by atoms with van der Waals surface area (Å²) in [5.41, 5.74) is 11.1. The van der Waals surface area contributed by atoms with Crippen molar-refractivity contribution in [3.63, 3.8) is 0 Å². The molecule has 0 saturated heterocycles. The van der Waals surface area contributed by atoms with Crippen LogP contribution in [0.4, 0.5) is 0 Å². The fourth-order valence-electron chi connectivity index (χ4n) is 8.88. The van der Waals surface area contributed by atoms with Gasteiger partial charge in [-0.05, 0) is 72.6 Å². The highest BCUT2D eigenvalue weighted by Gasteiger charge is 2.65. The van der Waals surface area contributed by atoms with Crippen LogP contribution < -0.4 is 11.2 Å². The lowest BCUT2D eigenvalue weighted by Gasteiger charge is -2.58. The highest BCUT2D eigenvalue weighted by Crippen LogP contribution is 2.70. The predicted octanol–water partition coefficient (Wildman–Crippen LogP) is 6.36. The van der Waals surface area contributed by atoms with Crippen LogP contribution in [0.5, 0.6) is 0 Å². The summed E-state index contributed by atoms with van der Waals surface area (Å²) >= 11 is 5.09. The second kappa shape index (κ2) is 9.63. The Hall–Kier alpha value is -1.56. The molecule has 0 heterocycles. The molecule has 0 amide bonds. The number of allylic oxidation sites excluding steroid dienone is 2. The Kier molecular flexibility index (Phi) is 7.35. The fraction of sp³-hybridized carbons (Fsp3) is 0.800. The Morgan fingerprint density at radius 3 is 2.47 bits per heavy atom. The number of thiocarbonyl (C=S) groups is 1. The molecule has 3 N–H and O–H groups in total. The molecule has 0 spiro atoms. The number of Topliss-reactive ketones (excluding diaryl/α,β-unsaturated/α-hetero) is 2. The van der Waals surface area contributed by atoms with Crippen molar-refractivity contribution >= 4 is 34.6 Å². The summed E-state index contributed by atoms with van der Waals surface area (Å²) in [6, 6.07) is 0. The van der Waals surface area contributed by atoms with E-state index in [0.717, 1.165) is 42.0 Å². The third-order valence-electron chi connectivity index (χ3n) is 11.2. The first kappa shape index (κ1) is 27.5. The normalized spacial score (nSPS) is 40.2. The molecular weight excluding hydrogens is 466 g/mol. The maximum absolute atomic E-state index is 14.3. The van der Waals surface area contributed by atoms with Crippen LogP contribution in [0.25, 0.3) is 0 Å². The minimum absolute atomic E-state index is 0.0773. The van der Waals surface area contributed by atoms with Crippen LogP contribution in [0.2, 0.25) is 0 Å². The molecule has 5 nitrogen and oxygen atoms in total. The van der Waals surface area contributed by atoms with Gasteiger partial charge in [0.25, 0.3) is 0 Å². The average molecular weight is 514 g/mol. The molecule has 36 heavy (non-hydrogen) atoms. The summed E-state index contributed by atoms with van der Waals surface area (Å²) in [6.45, 7) is 16.1. The number of hydrazone groups is 1. The summed E-state index contributed by atoms with van der Waals surface area (Å²) in [6.07, 6.45) is 8.53. The number of nitrogens with one attached hydrogen (secondary N) is 1. The Morgan fingerprint density at radius 2 is 1.83 bits per heavy atom. The third-order valence-corrected chi connectivity index (χ3v) is 11.3. The quantitative estimate of drug-likeness (QED) is 0.319. The molecule has 0 aromatic rings. The van der Waals surface area contributed by atoms with Gasteiger partial charge in [-0.25, -0.2) is 0 Å². The van der Waals surface area contributed by atoms with Gasteiger partial charge in [-0.15, -0.1) is 0 Å².